The molecule has 1 fully saturated rings. The van der Waals surface area contributed by atoms with E-state index in [1.807, 2.05) is 11.8 Å². The standard InChI is InChI=1S/C15H23N3O2S/c1-3-6-16-13-11-9-21-10-12(11)17-14(18-13)15(19-2)4-7-20-8-5-15/h3-10H2,1-2H3,(H,16,17,18). The number of rotatable bonds is 5. The number of ether oxygens (including phenoxy) is 2. The van der Waals surface area contributed by atoms with Crippen LogP contribution in [0.25, 0.3) is 0 Å². The van der Waals surface area contributed by atoms with Crippen molar-refractivity contribution in [2.45, 2.75) is 43.3 Å². The predicted octanol–water partition coefficient (Wildman–Crippen LogP) is 2.70. The van der Waals surface area contributed by atoms with Gasteiger partial charge in [-0.15, -0.1) is 0 Å². The average Bonchev–Trinajstić information content (AvgIpc) is 3.01. The quantitative estimate of drug-likeness (QED) is 0.902. The van der Waals surface area contributed by atoms with Crippen LogP contribution in [-0.2, 0) is 26.6 Å². The maximum absolute atomic E-state index is 5.84. The van der Waals surface area contributed by atoms with E-state index in [4.69, 9.17) is 19.4 Å². The monoisotopic (exact) mass is 309 g/mol. The van der Waals surface area contributed by atoms with Gasteiger partial charge in [-0.05, 0) is 6.42 Å². The largest absolute Gasteiger partial charge is 0.381 e. The van der Waals surface area contributed by atoms with Crippen LogP contribution in [0.2, 0.25) is 0 Å². The Morgan fingerprint density at radius 1 is 1.29 bits per heavy atom. The van der Waals surface area contributed by atoms with Crippen LogP contribution in [0.4, 0.5) is 5.82 Å². The first kappa shape index (κ1) is 15.1. The van der Waals surface area contributed by atoms with Crippen molar-refractivity contribution >= 4 is 17.6 Å². The molecule has 0 atom stereocenters. The summed E-state index contributed by atoms with van der Waals surface area (Å²) in [6.45, 7) is 4.53. The van der Waals surface area contributed by atoms with E-state index < -0.39 is 0 Å². The van der Waals surface area contributed by atoms with Gasteiger partial charge in [0, 0.05) is 56.8 Å². The average molecular weight is 309 g/mol. The molecule has 0 unspecified atom stereocenters. The van der Waals surface area contributed by atoms with Crippen LogP contribution >= 0.6 is 11.8 Å². The molecule has 2 aliphatic heterocycles. The Hall–Kier alpha value is -0.850. The normalized spacial score (nSPS) is 20.3. The molecule has 21 heavy (non-hydrogen) atoms. The molecule has 5 nitrogen and oxygen atoms in total. The molecular formula is C15H23N3O2S. The van der Waals surface area contributed by atoms with Gasteiger partial charge < -0.3 is 14.8 Å². The number of anilines is 1. The fourth-order valence-corrected chi connectivity index (χ4v) is 3.91. The third kappa shape index (κ3) is 2.89. The zero-order valence-electron chi connectivity index (χ0n) is 12.8. The van der Waals surface area contributed by atoms with Gasteiger partial charge in [0.05, 0.1) is 5.69 Å². The summed E-state index contributed by atoms with van der Waals surface area (Å²) < 4.78 is 11.3. The maximum atomic E-state index is 5.84. The van der Waals surface area contributed by atoms with Crippen molar-refractivity contribution in [2.24, 2.45) is 0 Å². The van der Waals surface area contributed by atoms with E-state index in [9.17, 15) is 0 Å². The summed E-state index contributed by atoms with van der Waals surface area (Å²) in [6, 6.07) is 0. The molecule has 0 spiro atoms. The lowest BCUT2D eigenvalue weighted by Crippen LogP contribution is -2.37. The Bertz CT molecular complexity index is 504. The second-order valence-electron chi connectivity index (χ2n) is 5.55. The Labute approximate surface area is 130 Å². The first-order valence-corrected chi connectivity index (χ1v) is 8.79. The van der Waals surface area contributed by atoms with E-state index in [2.05, 4.69) is 12.2 Å². The summed E-state index contributed by atoms with van der Waals surface area (Å²) in [5.74, 6) is 3.81. The summed E-state index contributed by atoms with van der Waals surface area (Å²) >= 11 is 1.90. The van der Waals surface area contributed by atoms with Gasteiger partial charge in [0.15, 0.2) is 5.82 Å². The van der Waals surface area contributed by atoms with Crippen molar-refractivity contribution in [1.82, 2.24) is 9.97 Å². The molecule has 0 saturated carbocycles. The van der Waals surface area contributed by atoms with Crippen LogP contribution in [0.1, 0.15) is 43.3 Å². The fraction of sp³-hybridized carbons (Fsp3) is 0.733. The highest BCUT2D eigenvalue weighted by Crippen LogP contribution is 2.38. The molecule has 3 heterocycles. The van der Waals surface area contributed by atoms with Gasteiger partial charge in [-0.1, -0.05) is 6.92 Å². The van der Waals surface area contributed by atoms with Gasteiger partial charge in [-0.3, -0.25) is 0 Å². The second-order valence-corrected chi connectivity index (χ2v) is 6.54. The van der Waals surface area contributed by atoms with Crippen LogP contribution in [-0.4, -0.2) is 36.8 Å². The topological polar surface area (TPSA) is 56.3 Å². The molecule has 1 aromatic heterocycles. The van der Waals surface area contributed by atoms with Crippen LogP contribution in [0.15, 0.2) is 0 Å². The highest BCUT2D eigenvalue weighted by atomic mass is 32.2. The molecule has 2 aliphatic rings. The van der Waals surface area contributed by atoms with E-state index >= 15 is 0 Å². The Morgan fingerprint density at radius 3 is 2.81 bits per heavy atom. The number of nitrogens with one attached hydrogen (secondary N) is 1. The van der Waals surface area contributed by atoms with Crippen molar-refractivity contribution < 1.29 is 9.47 Å². The van der Waals surface area contributed by atoms with E-state index in [1.165, 1.54) is 11.3 Å². The van der Waals surface area contributed by atoms with Crippen LogP contribution in [0.5, 0.6) is 0 Å². The SMILES string of the molecule is CCCNc1nc(C2(OC)CCOCC2)nc2c1CSC2. The minimum absolute atomic E-state index is 0.386. The third-order valence-corrected chi connectivity index (χ3v) is 5.19. The molecule has 1 saturated heterocycles. The minimum atomic E-state index is -0.386. The Kier molecular flexibility index (Phi) is 4.66. The number of fused-ring (bicyclic) bond motifs is 1. The summed E-state index contributed by atoms with van der Waals surface area (Å²) in [5.41, 5.74) is 2.06. The molecule has 0 bridgehead atoms. The van der Waals surface area contributed by atoms with Gasteiger partial charge in [-0.2, -0.15) is 11.8 Å². The van der Waals surface area contributed by atoms with E-state index in [1.54, 1.807) is 7.11 Å². The summed E-state index contributed by atoms with van der Waals surface area (Å²) in [4.78, 5) is 9.67. The van der Waals surface area contributed by atoms with Crippen molar-refractivity contribution in [3.8, 4) is 0 Å². The Morgan fingerprint density at radius 2 is 2.10 bits per heavy atom. The molecule has 3 rings (SSSR count). The first-order chi connectivity index (χ1) is 10.3. The third-order valence-electron chi connectivity index (χ3n) is 4.22. The molecule has 6 heteroatoms. The lowest BCUT2D eigenvalue weighted by Gasteiger charge is -2.34. The van der Waals surface area contributed by atoms with Gasteiger partial charge >= 0.3 is 0 Å². The predicted molar refractivity (Wildman–Crippen MR) is 84.6 cm³/mol. The van der Waals surface area contributed by atoms with E-state index in [0.29, 0.717) is 13.2 Å². The molecule has 0 aromatic carbocycles. The number of nitrogens with zero attached hydrogens (tertiary/aromatic N) is 2. The molecule has 116 valence electrons. The summed E-state index contributed by atoms with van der Waals surface area (Å²) in [7, 11) is 1.76. The second kappa shape index (κ2) is 6.50. The van der Waals surface area contributed by atoms with Gasteiger partial charge in [0.2, 0.25) is 0 Å². The van der Waals surface area contributed by atoms with Gasteiger partial charge in [-0.25, -0.2) is 9.97 Å². The maximum Gasteiger partial charge on any atom is 0.163 e. The molecule has 0 amide bonds. The minimum Gasteiger partial charge on any atom is -0.381 e. The lowest BCUT2D eigenvalue weighted by molar-refractivity contribution is -0.1000. The van der Waals surface area contributed by atoms with Gasteiger partial charge in [0.1, 0.15) is 11.4 Å². The molecule has 1 N–H and O–H groups in total. The van der Waals surface area contributed by atoms with Crippen molar-refractivity contribution in [1.29, 1.82) is 0 Å². The number of methoxy groups -OCH3 is 1. The van der Waals surface area contributed by atoms with Crippen molar-refractivity contribution in [3.63, 3.8) is 0 Å². The Balaban J connectivity index is 1.98. The van der Waals surface area contributed by atoms with E-state index in [0.717, 1.165) is 49.0 Å². The highest BCUT2D eigenvalue weighted by Gasteiger charge is 2.38. The van der Waals surface area contributed by atoms with Crippen molar-refractivity contribution in [3.05, 3.63) is 17.1 Å². The van der Waals surface area contributed by atoms with Crippen LogP contribution in [0.3, 0.4) is 0 Å². The molecule has 1 aromatic rings. The zero-order chi connectivity index (χ0) is 14.7. The fourth-order valence-electron chi connectivity index (χ4n) is 2.86. The summed E-state index contributed by atoms with van der Waals surface area (Å²) in [6.07, 6.45) is 2.73. The molecule has 0 radical (unpaired) electrons. The smallest absolute Gasteiger partial charge is 0.163 e. The number of thioether (sulfide) groups is 1. The molecule has 0 aliphatic carbocycles. The van der Waals surface area contributed by atoms with Crippen LogP contribution < -0.4 is 5.32 Å². The van der Waals surface area contributed by atoms with Crippen LogP contribution in [0, 0.1) is 0 Å². The lowest BCUT2D eigenvalue weighted by atomic mass is 9.92. The summed E-state index contributed by atoms with van der Waals surface area (Å²) in [5, 5.41) is 3.46. The van der Waals surface area contributed by atoms with E-state index in [-0.39, 0.29) is 5.60 Å². The first-order valence-electron chi connectivity index (χ1n) is 7.64. The highest BCUT2D eigenvalue weighted by molar-refractivity contribution is 7.98. The number of hydrogen-bond acceptors (Lipinski definition) is 6. The number of hydrogen-bond donors (Lipinski definition) is 1. The number of aromatic nitrogens is 2. The van der Waals surface area contributed by atoms with Gasteiger partial charge in [0.25, 0.3) is 0 Å². The molecular weight excluding hydrogens is 286 g/mol. The van der Waals surface area contributed by atoms with Crippen molar-refractivity contribution in [2.75, 3.05) is 32.2 Å². The zero-order valence-corrected chi connectivity index (χ0v) is 13.6.